The van der Waals surface area contributed by atoms with Crippen molar-refractivity contribution in [2.75, 3.05) is 20.3 Å². The highest BCUT2D eigenvalue weighted by Crippen LogP contribution is 2.66. The van der Waals surface area contributed by atoms with Gasteiger partial charge < -0.3 is 20.3 Å². The molecule has 3 saturated carbocycles. The summed E-state index contributed by atoms with van der Waals surface area (Å²) in [7, 11) is 1.65. The number of fused-ring (bicyclic) bond motifs is 5. The molecule has 0 aliphatic heterocycles. The van der Waals surface area contributed by atoms with Crippen molar-refractivity contribution in [3.8, 4) is 0 Å². The molecule has 0 radical (unpaired) electrons. The van der Waals surface area contributed by atoms with Crippen LogP contribution in [0.5, 0.6) is 0 Å². The summed E-state index contributed by atoms with van der Waals surface area (Å²) in [5.74, 6) is 5.20. The number of aliphatic hydroxyl groups excluding tert-OH is 2. The maximum absolute atomic E-state index is 11.7. The zero-order chi connectivity index (χ0) is 35.3. The molecule has 0 heterocycles. The zero-order valence-electron chi connectivity index (χ0n) is 32.9. The Morgan fingerprint density at radius 1 is 0.957 bits per heavy atom. The summed E-state index contributed by atoms with van der Waals surface area (Å²) in [4.78, 5) is 11.7. The molecule has 0 aromatic heterocycles. The van der Waals surface area contributed by atoms with Gasteiger partial charge in [0.25, 0.3) is 0 Å². The fraction of sp³-hybridized carbons (Fsp3) is 0.927. The van der Waals surface area contributed by atoms with Gasteiger partial charge in [-0.1, -0.05) is 113 Å². The SMILES string of the molecule is CC.CC.CCC(CC)CCO.CCO.CNC(=O)O[C@@H]1CC[C@]2(C)C(=CC[C@@H]3C4CCC(CCCCC(C)C)[C@]4(C)CCC32)C1.[HH].[HH].[HH].[HH].[HH]. The Morgan fingerprint density at radius 2 is 1.59 bits per heavy atom. The van der Waals surface area contributed by atoms with Gasteiger partial charge in [0.15, 0.2) is 0 Å². The van der Waals surface area contributed by atoms with Gasteiger partial charge in [-0.05, 0) is 111 Å². The van der Waals surface area contributed by atoms with Gasteiger partial charge in [-0.25, -0.2) is 4.79 Å². The molecule has 4 aliphatic carbocycles. The molecule has 0 bridgehead atoms. The minimum absolute atomic E-state index is 0. The summed E-state index contributed by atoms with van der Waals surface area (Å²) >= 11 is 0. The second-order valence-corrected chi connectivity index (χ2v) is 14.8. The van der Waals surface area contributed by atoms with Crippen LogP contribution in [0.15, 0.2) is 11.6 Å². The van der Waals surface area contributed by atoms with Gasteiger partial charge in [-0.15, -0.1) is 0 Å². The van der Waals surface area contributed by atoms with Crippen molar-refractivity contribution in [2.45, 2.75) is 179 Å². The molecule has 3 unspecified atom stereocenters. The third-order valence-corrected chi connectivity index (χ3v) is 12.0. The van der Waals surface area contributed by atoms with Crippen LogP contribution in [0.25, 0.3) is 0 Å². The van der Waals surface area contributed by atoms with E-state index < -0.39 is 0 Å². The first-order chi connectivity index (χ1) is 22.0. The van der Waals surface area contributed by atoms with E-state index >= 15 is 0 Å². The molecule has 0 aromatic carbocycles. The lowest BCUT2D eigenvalue weighted by atomic mass is 9.47. The normalized spacial score (nSPS) is 30.6. The number of amides is 1. The number of rotatable bonds is 10. The predicted octanol–water partition coefficient (Wildman–Crippen LogP) is 12.6. The van der Waals surface area contributed by atoms with E-state index in [4.69, 9.17) is 14.9 Å². The fourth-order valence-corrected chi connectivity index (χ4v) is 9.34. The van der Waals surface area contributed by atoms with Gasteiger partial charge in [-0.3, -0.25) is 0 Å². The van der Waals surface area contributed by atoms with Crippen molar-refractivity contribution in [3.63, 3.8) is 0 Å². The summed E-state index contributed by atoms with van der Waals surface area (Å²) in [6, 6.07) is 0. The molecule has 0 spiro atoms. The second kappa shape index (κ2) is 24.1. The van der Waals surface area contributed by atoms with E-state index in [9.17, 15) is 4.79 Å². The standard InChI is InChI=1S/C28H47NO2.C7H16O.C2H6O.2C2H6.5H2/c1-19(2)8-6-7-9-20-11-13-24-23-12-10-21-18-22(31-26(30)29-5)14-16-28(21,4)25(23)15-17-27(20,24)3;1-3-7(4-2)5-6-8;1-2-3;2*1-2;;;;;/h10,19-20,22-25H,6-9,11-18H2,1-5H3,(H,29,30);7-8H,3-6H2,1-2H3;3H,2H2,1H3;2*1-2H3;5*1H/t20?,22-,23-,24?,25?,27+,28-;;;;;;;;;/m1........./s1. The van der Waals surface area contributed by atoms with Crippen LogP contribution in [0.2, 0.25) is 0 Å². The van der Waals surface area contributed by atoms with Crippen LogP contribution in [0.1, 0.15) is 180 Å². The van der Waals surface area contributed by atoms with E-state index in [1.54, 1.807) is 19.5 Å². The number of unbranched alkanes of at least 4 members (excludes halogenated alkanes) is 1. The molecule has 0 aromatic rings. The van der Waals surface area contributed by atoms with E-state index in [1.807, 2.05) is 27.7 Å². The number of hydrogen-bond acceptors (Lipinski definition) is 4. The highest BCUT2D eigenvalue weighted by Gasteiger charge is 2.58. The third kappa shape index (κ3) is 12.8. The Morgan fingerprint density at radius 3 is 2.11 bits per heavy atom. The quantitative estimate of drug-likeness (QED) is 0.161. The minimum Gasteiger partial charge on any atom is -0.446 e. The maximum Gasteiger partial charge on any atom is 0.407 e. The number of allylic oxidation sites excluding steroid dienone is 1. The molecular formula is C41H91NO4. The summed E-state index contributed by atoms with van der Waals surface area (Å²) in [6.07, 6.45) is 21.7. The first-order valence-electron chi connectivity index (χ1n) is 19.8. The van der Waals surface area contributed by atoms with Crippen LogP contribution < -0.4 is 5.32 Å². The topological polar surface area (TPSA) is 78.8 Å². The molecule has 4 rings (SSSR count). The molecule has 46 heavy (non-hydrogen) atoms. The molecule has 7 atom stereocenters. The van der Waals surface area contributed by atoms with Crippen LogP contribution in [-0.4, -0.2) is 42.7 Å². The van der Waals surface area contributed by atoms with Crippen LogP contribution in [0.3, 0.4) is 0 Å². The smallest absolute Gasteiger partial charge is 0.407 e. The van der Waals surface area contributed by atoms with Crippen molar-refractivity contribution in [1.29, 1.82) is 0 Å². The highest BCUT2D eigenvalue weighted by atomic mass is 16.6. The Labute approximate surface area is 294 Å². The second-order valence-electron chi connectivity index (χ2n) is 14.8. The average Bonchev–Trinajstić information content (AvgIpc) is 3.40. The van der Waals surface area contributed by atoms with Crippen LogP contribution in [0, 0.1) is 46.3 Å². The Bertz CT molecular complexity index is 832. The molecule has 3 N–H and O–H groups in total. The molecule has 284 valence electrons. The summed E-state index contributed by atoms with van der Waals surface area (Å²) in [5, 5.41) is 18.7. The van der Waals surface area contributed by atoms with Crippen molar-refractivity contribution < 1.29 is 26.9 Å². The monoisotopic (exact) mass is 662 g/mol. The van der Waals surface area contributed by atoms with E-state index in [-0.39, 0.29) is 25.9 Å². The Balaban J connectivity index is -0.000000219. The summed E-state index contributed by atoms with van der Waals surface area (Å²) < 4.78 is 5.64. The molecule has 4 aliphatic rings. The van der Waals surface area contributed by atoms with Gasteiger partial charge in [0.2, 0.25) is 0 Å². The van der Waals surface area contributed by atoms with Crippen LogP contribution in [-0.2, 0) is 4.74 Å². The largest absolute Gasteiger partial charge is 0.446 e. The zero-order valence-corrected chi connectivity index (χ0v) is 32.9. The van der Waals surface area contributed by atoms with Gasteiger partial charge >= 0.3 is 6.09 Å². The van der Waals surface area contributed by atoms with E-state index in [2.05, 4.69) is 52.9 Å². The van der Waals surface area contributed by atoms with Gasteiger partial charge in [0, 0.05) is 33.8 Å². The number of aliphatic hydroxyl groups is 2. The maximum atomic E-state index is 11.7. The molecule has 0 saturated heterocycles. The van der Waals surface area contributed by atoms with E-state index in [1.165, 1.54) is 77.0 Å². The number of carbonyl (C=O) groups is 1. The summed E-state index contributed by atoms with van der Waals surface area (Å²) in [5.41, 5.74) is 2.52. The third-order valence-electron chi connectivity index (χ3n) is 12.0. The lowest BCUT2D eigenvalue weighted by Crippen LogP contribution is -2.50. The van der Waals surface area contributed by atoms with Crippen molar-refractivity contribution >= 4 is 6.09 Å². The Kier molecular flexibility index (Phi) is 23.6. The number of alkyl carbamates (subject to hydrolysis) is 1. The number of ether oxygens (including phenoxy) is 1. The lowest BCUT2D eigenvalue weighted by molar-refractivity contribution is -0.0518. The number of carbonyl (C=O) groups excluding carboxylic acids is 1. The molecule has 1 amide bonds. The lowest BCUT2D eigenvalue weighted by Gasteiger charge is -2.58. The average molecular weight is 662 g/mol. The van der Waals surface area contributed by atoms with Gasteiger partial charge in [0.05, 0.1) is 0 Å². The van der Waals surface area contributed by atoms with Gasteiger partial charge in [0.1, 0.15) is 6.10 Å². The molecule has 5 heteroatoms. The molecule has 3 fully saturated rings. The van der Waals surface area contributed by atoms with Crippen molar-refractivity contribution in [2.24, 2.45) is 46.3 Å². The first kappa shape index (κ1) is 44.9. The molecule has 5 nitrogen and oxygen atoms in total. The predicted molar refractivity (Wildman–Crippen MR) is 210 cm³/mol. The van der Waals surface area contributed by atoms with E-state index in [0.717, 1.165) is 54.8 Å². The van der Waals surface area contributed by atoms with Gasteiger partial charge in [-0.2, -0.15) is 0 Å². The van der Waals surface area contributed by atoms with Crippen molar-refractivity contribution in [1.82, 2.24) is 5.32 Å². The summed E-state index contributed by atoms with van der Waals surface area (Å²) in [6.45, 7) is 24.6. The minimum atomic E-state index is -0.276. The Hall–Kier alpha value is -1.07. The van der Waals surface area contributed by atoms with E-state index in [0.29, 0.717) is 17.4 Å². The fourth-order valence-electron chi connectivity index (χ4n) is 9.34. The number of nitrogens with one attached hydrogen (secondary N) is 1. The number of hydrogen-bond donors (Lipinski definition) is 3. The molecular weight excluding hydrogens is 570 g/mol. The first-order valence-corrected chi connectivity index (χ1v) is 19.8. The van der Waals surface area contributed by atoms with Crippen molar-refractivity contribution in [3.05, 3.63) is 11.6 Å². The highest BCUT2D eigenvalue weighted by molar-refractivity contribution is 5.66. The van der Waals surface area contributed by atoms with Crippen LogP contribution in [0.4, 0.5) is 4.79 Å². The van der Waals surface area contributed by atoms with Crippen LogP contribution >= 0.6 is 0 Å².